The number of aliphatic imine (C=N–C) groups is 1. The second kappa shape index (κ2) is 6.86. The van der Waals surface area contributed by atoms with E-state index < -0.39 is 0 Å². The number of nitrogens with zero attached hydrogens (tertiary/aromatic N) is 2. The van der Waals surface area contributed by atoms with Gasteiger partial charge in [-0.2, -0.15) is 0 Å². The van der Waals surface area contributed by atoms with Gasteiger partial charge in [-0.1, -0.05) is 48.0 Å². The molecule has 1 atom stereocenters. The summed E-state index contributed by atoms with van der Waals surface area (Å²) in [6, 6.07) is 15.0. The third-order valence-corrected chi connectivity index (χ3v) is 4.62. The Balaban J connectivity index is 2.16. The molecule has 0 spiro atoms. The lowest BCUT2D eigenvalue weighted by Gasteiger charge is -2.17. The summed E-state index contributed by atoms with van der Waals surface area (Å²) < 4.78 is 0. The molecule has 0 saturated carbocycles. The Kier molecular flexibility index (Phi) is 4.84. The van der Waals surface area contributed by atoms with Crippen LogP contribution in [-0.2, 0) is 12.8 Å². The Bertz CT molecular complexity index is 734. The third-order valence-electron chi connectivity index (χ3n) is 4.27. The van der Waals surface area contributed by atoms with E-state index in [1.54, 1.807) is 0 Å². The molecule has 1 aliphatic rings. The lowest BCUT2D eigenvalue weighted by molar-refractivity contribution is 0.384. The molecule has 2 aromatic rings. The smallest absolute Gasteiger partial charge is 0.0728 e. The van der Waals surface area contributed by atoms with E-state index in [0.29, 0.717) is 0 Å². The fourth-order valence-electron chi connectivity index (χ4n) is 3.34. The van der Waals surface area contributed by atoms with E-state index in [1.165, 1.54) is 22.3 Å². The maximum atomic E-state index is 6.48. The number of rotatable bonds is 3. The number of likely N-dealkylation sites (N-methyl/N-ethyl adjacent to an activating group) is 1. The van der Waals surface area contributed by atoms with E-state index >= 15 is 0 Å². The van der Waals surface area contributed by atoms with E-state index in [0.717, 1.165) is 30.1 Å². The Morgan fingerprint density at radius 3 is 2.57 bits per heavy atom. The summed E-state index contributed by atoms with van der Waals surface area (Å²) in [7, 11) is 4.17. The molecule has 0 aromatic heterocycles. The molecule has 1 aliphatic carbocycles. The van der Waals surface area contributed by atoms with Gasteiger partial charge >= 0.3 is 0 Å². The van der Waals surface area contributed by atoms with Crippen molar-refractivity contribution < 1.29 is 0 Å². The summed E-state index contributed by atoms with van der Waals surface area (Å²) in [5.74, 6) is 0. The highest BCUT2D eigenvalue weighted by atomic mass is 35.5. The predicted molar refractivity (Wildman–Crippen MR) is 99.0 cm³/mol. The number of fused-ring (bicyclic) bond motifs is 2. The van der Waals surface area contributed by atoms with E-state index in [-0.39, 0.29) is 6.04 Å². The Labute approximate surface area is 143 Å². The predicted octanol–water partition coefficient (Wildman–Crippen LogP) is 4.23. The van der Waals surface area contributed by atoms with E-state index in [2.05, 4.69) is 56.3 Å². The summed E-state index contributed by atoms with van der Waals surface area (Å²) in [5.41, 5.74) is 6.11. The summed E-state index contributed by atoms with van der Waals surface area (Å²) in [6.07, 6.45) is 1.97. The molecular formula is C20H23ClN2. The van der Waals surface area contributed by atoms with Crippen molar-refractivity contribution in [1.82, 2.24) is 4.90 Å². The van der Waals surface area contributed by atoms with Gasteiger partial charge in [-0.25, -0.2) is 0 Å². The highest BCUT2D eigenvalue weighted by Crippen LogP contribution is 2.30. The average Bonchev–Trinajstić information content (AvgIpc) is 2.66. The van der Waals surface area contributed by atoms with Gasteiger partial charge in [0.1, 0.15) is 0 Å². The van der Waals surface area contributed by atoms with Crippen LogP contribution in [0.4, 0.5) is 0 Å². The highest BCUT2D eigenvalue weighted by Gasteiger charge is 2.21. The van der Waals surface area contributed by atoms with Crippen molar-refractivity contribution in [1.29, 1.82) is 0 Å². The first-order valence-electron chi connectivity index (χ1n) is 8.15. The van der Waals surface area contributed by atoms with Gasteiger partial charge in [-0.15, -0.1) is 0 Å². The SMILES string of the molecule is CC(CN(C)C)/N=C1/c2ccccc2CCc2c(Cl)cccc21. The van der Waals surface area contributed by atoms with Gasteiger partial charge in [0, 0.05) is 22.7 Å². The minimum atomic E-state index is 0.234. The minimum Gasteiger partial charge on any atom is -0.307 e. The van der Waals surface area contributed by atoms with Gasteiger partial charge in [0.05, 0.1) is 11.8 Å². The van der Waals surface area contributed by atoms with Crippen molar-refractivity contribution in [2.45, 2.75) is 25.8 Å². The Morgan fingerprint density at radius 1 is 1.04 bits per heavy atom. The zero-order chi connectivity index (χ0) is 16.4. The molecule has 2 aromatic carbocycles. The molecule has 120 valence electrons. The lowest BCUT2D eigenvalue weighted by atomic mass is 9.97. The quantitative estimate of drug-likeness (QED) is 0.824. The fourth-order valence-corrected chi connectivity index (χ4v) is 3.61. The number of hydrogen-bond donors (Lipinski definition) is 0. The zero-order valence-electron chi connectivity index (χ0n) is 14.0. The zero-order valence-corrected chi connectivity index (χ0v) is 14.8. The molecule has 0 heterocycles. The van der Waals surface area contributed by atoms with Crippen LogP contribution in [0.1, 0.15) is 29.2 Å². The molecule has 23 heavy (non-hydrogen) atoms. The van der Waals surface area contributed by atoms with Crippen molar-refractivity contribution in [3.05, 3.63) is 69.7 Å². The Morgan fingerprint density at radius 2 is 1.78 bits per heavy atom. The number of hydrogen-bond acceptors (Lipinski definition) is 2. The van der Waals surface area contributed by atoms with Crippen LogP contribution in [0.25, 0.3) is 0 Å². The first-order chi connectivity index (χ1) is 11.1. The van der Waals surface area contributed by atoms with Crippen LogP contribution in [0.2, 0.25) is 5.02 Å². The molecule has 0 saturated heterocycles. The normalized spacial score (nSPS) is 16.8. The van der Waals surface area contributed by atoms with Crippen LogP contribution in [0.3, 0.4) is 0 Å². The van der Waals surface area contributed by atoms with E-state index in [1.807, 2.05) is 12.1 Å². The van der Waals surface area contributed by atoms with Crippen LogP contribution < -0.4 is 0 Å². The van der Waals surface area contributed by atoms with E-state index in [4.69, 9.17) is 16.6 Å². The van der Waals surface area contributed by atoms with Crippen LogP contribution >= 0.6 is 11.6 Å². The molecule has 2 nitrogen and oxygen atoms in total. The summed E-state index contributed by atoms with van der Waals surface area (Å²) in [6.45, 7) is 3.10. The minimum absolute atomic E-state index is 0.234. The largest absolute Gasteiger partial charge is 0.307 e. The van der Waals surface area contributed by atoms with Gasteiger partial charge in [-0.3, -0.25) is 4.99 Å². The van der Waals surface area contributed by atoms with Crippen molar-refractivity contribution >= 4 is 17.3 Å². The molecule has 0 amide bonds. The van der Waals surface area contributed by atoms with Crippen LogP contribution in [0.15, 0.2) is 47.5 Å². The molecule has 0 bridgehead atoms. The van der Waals surface area contributed by atoms with Crippen LogP contribution in [-0.4, -0.2) is 37.3 Å². The van der Waals surface area contributed by atoms with Crippen LogP contribution in [0.5, 0.6) is 0 Å². The first-order valence-corrected chi connectivity index (χ1v) is 8.52. The second-order valence-corrected chi connectivity index (χ2v) is 6.92. The monoisotopic (exact) mass is 326 g/mol. The third kappa shape index (κ3) is 3.49. The van der Waals surface area contributed by atoms with Crippen molar-refractivity contribution in [2.24, 2.45) is 4.99 Å². The summed E-state index contributed by atoms with van der Waals surface area (Å²) in [4.78, 5) is 7.25. The molecule has 0 aliphatic heterocycles. The molecule has 0 N–H and O–H groups in total. The van der Waals surface area contributed by atoms with Crippen molar-refractivity contribution in [3.63, 3.8) is 0 Å². The second-order valence-electron chi connectivity index (χ2n) is 6.51. The molecule has 1 unspecified atom stereocenters. The summed E-state index contributed by atoms with van der Waals surface area (Å²) >= 11 is 6.48. The van der Waals surface area contributed by atoms with Gasteiger partial charge in [0.25, 0.3) is 0 Å². The highest BCUT2D eigenvalue weighted by molar-refractivity contribution is 6.32. The molecule has 3 rings (SSSR count). The topological polar surface area (TPSA) is 15.6 Å². The van der Waals surface area contributed by atoms with Crippen molar-refractivity contribution in [2.75, 3.05) is 20.6 Å². The van der Waals surface area contributed by atoms with Gasteiger partial charge in [0.2, 0.25) is 0 Å². The number of benzene rings is 2. The van der Waals surface area contributed by atoms with Gasteiger partial charge in [0.15, 0.2) is 0 Å². The molecule has 3 heteroatoms. The molecule has 0 radical (unpaired) electrons. The lowest BCUT2D eigenvalue weighted by Crippen LogP contribution is -2.24. The number of aryl methyl sites for hydroxylation is 1. The fraction of sp³-hybridized carbons (Fsp3) is 0.350. The first kappa shape index (κ1) is 16.2. The standard InChI is InChI=1S/C20H23ClN2/c1-14(13-23(2)3)22-20-16-8-5-4-7-15(16)11-12-17-18(20)9-6-10-19(17)21/h4-10,14H,11-13H2,1-3H3/b22-20-. The number of halogens is 1. The van der Waals surface area contributed by atoms with E-state index in [9.17, 15) is 0 Å². The average molecular weight is 327 g/mol. The van der Waals surface area contributed by atoms with Gasteiger partial charge in [-0.05, 0) is 51.1 Å². The van der Waals surface area contributed by atoms with Gasteiger partial charge < -0.3 is 4.90 Å². The maximum absolute atomic E-state index is 6.48. The Hall–Kier alpha value is -1.64. The maximum Gasteiger partial charge on any atom is 0.0728 e. The molecule has 0 fully saturated rings. The summed E-state index contributed by atoms with van der Waals surface area (Å²) in [5, 5.41) is 0.850. The molecular weight excluding hydrogens is 304 g/mol. The van der Waals surface area contributed by atoms with Crippen LogP contribution in [0, 0.1) is 0 Å². The van der Waals surface area contributed by atoms with Crippen molar-refractivity contribution in [3.8, 4) is 0 Å².